The average molecular weight is 657 g/mol. The summed E-state index contributed by atoms with van der Waals surface area (Å²) >= 11 is 0. The van der Waals surface area contributed by atoms with E-state index in [0.717, 1.165) is 12.1 Å². The van der Waals surface area contributed by atoms with Crippen LogP contribution in [0, 0.1) is 70.3 Å². The molecule has 0 amide bonds. The van der Waals surface area contributed by atoms with E-state index in [1.54, 1.807) is 10.4 Å². The molecule has 0 atom stereocenters. The standard InChI is InChI=1S/2C8H13Si.2C6F5.Ti/c2*1-9(2,3)8-6-4-5-7-8;2*7-2-1-3(8)5(10)6(11)4(2)9;/h2*4-7H,1-3H3;;;/q4*-1;+4. The van der Waals surface area contributed by atoms with Gasteiger partial charge in [0.25, 0.3) is 0 Å². The van der Waals surface area contributed by atoms with Gasteiger partial charge in [-0.1, -0.05) is 39.3 Å². The van der Waals surface area contributed by atoms with Gasteiger partial charge in [-0.15, -0.1) is 12.1 Å². The Morgan fingerprint density at radius 1 is 0.415 bits per heavy atom. The molecule has 220 valence electrons. The number of halogens is 10. The monoisotopic (exact) mass is 656 g/mol. The second-order valence-corrected chi connectivity index (χ2v) is 20.4. The summed E-state index contributed by atoms with van der Waals surface area (Å²) in [6.45, 7) is 14.2. The molecule has 4 rings (SSSR count). The fraction of sp³-hybridized carbons (Fsp3) is 0.214. The summed E-state index contributed by atoms with van der Waals surface area (Å²) in [5.41, 5.74) is 0. The molecule has 0 spiro atoms. The second-order valence-electron chi connectivity index (χ2n) is 10.2. The molecule has 4 aromatic carbocycles. The fourth-order valence-corrected chi connectivity index (χ4v) is 5.12. The first-order valence-corrected chi connectivity index (χ1v) is 18.5. The van der Waals surface area contributed by atoms with E-state index in [4.69, 9.17) is 0 Å². The molecule has 0 aliphatic heterocycles. The summed E-state index contributed by atoms with van der Waals surface area (Å²) in [6, 6.07) is 19.4. The third-order valence-corrected chi connectivity index (χ3v) is 9.17. The van der Waals surface area contributed by atoms with Crippen LogP contribution in [0.1, 0.15) is 0 Å². The molecule has 0 aromatic heterocycles. The van der Waals surface area contributed by atoms with Gasteiger partial charge in [-0.2, -0.15) is 34.6 Å². The Labute approximate surface area is 249 Å². The van der Waals surface area contributed by atoms with Crippen molar-refractivity contribution in [3.05, 3.63) is 119 Å². The van der Waals surface area contributed by atoms with Crippen molar-refractivity contribution in [3.63, 3.8) is 0 Å². The molecular formula is C28H26F10Si2Ti. The Balaban J connectivity index is 0.000000518. The predicted molar refractivity (Wildman–Crippen MR) is 140 cm³/mol. The summed E-state index contributed by atoms with van der Waals surface area (Å²) in [4.78, 5) is 0. The second kappa shape index (κ2) is 16.3. The van der Waals surface area contributed by atoms with Crippen molar-refractivity contribution >= 4 is 26.5 Å². The van der Waals surface area contributed by atoms with Gasteiger partial charge in [-0.05, 0) is 0 Å². The third-order valence-electron chi connectivity index (χ3n) is 5.04. The van der Waals surface area contributed by atoms with E-state index in [1.807, 2.05) is 0 Å². The first-order chi connectivity index (χ1) is 18.3. The van der Waals surface area contributed by atoms with Crippen LogP contribution in [0.15, 0.2) is 48.5 Å². The molecule has 0 saturated carbocycles. The Morgan fingerprint density at radius 3 is 0.756 bits per heavy atom. The first-order valence-electron chi connectivity index (χ1n) is 11.5. The SMILES string of the molecule is C[Si](C)(C)[c-]1cccc1.C[Si](C)(C)[c-]1cccc1.Fc1[c-]c(F)c(F)c(F)c1F.Fc1[c-]c(F)c(F)c(F)c1F.[Ti+4]. The molecule has 13 heteroatoms. The maximum atomic E-state index is 12.0. The smallest absolute Gasteiger partial charge is 0.278 e. The van der Waals surface area contributed by atoms with Gasteiger partial charge in [0, 0.05) is 16.1 Å². The van der Waals surface area contributed by atoms with Gasteiger partial charge >= 0.3 is 21.7 Å². The molecule has 0 heterocycles. The fourth-order valence-electron chi connectivity index (χ4n) is 2.74. The number of benzene rings is 2. The van der Waals surface area contributed by atoms with Crippen LogP contribution < -0.4 is 10.4 Å². The predicted octanol–water partition coefficient (Wildman–Crippen LogP) is 8.26. The summed E-state index contributed by atoms with van der Waals surface area (Å²) in [5.74, 6) is -20.1. The molecular weight excluding hydrogens is 630 g/mol. The van der Waals surface area contributed by atoms with Gasteiger partial charge in [-0.3, -0.25) is 17.6 Å². The van der Waals surface area contributed by atoms with Gasteiger partial charge in [-0.25, -0.2) is 50.6 Å². The van der Waals surface area contributed by atoms with Crippen LogP contribution in [0.2, 0.25) is 39.3 Å². The normalized spacial score (nSPS) is 10.7. The van der Waals surface area contributed by atoms with Gasteiger partial charge in [0.15, 0.2) is 0 Å². The Kier molecular flexibility index (Phi) is 15.3. The zero-order valence-corrected chi connectivity index (χ0v) is 26.5. The minimum absolute atomic E-state index is 0. The molecule has 0 N–H and O–H groups in total. The number of hydrogen-bond donors (Lipinski definition) is 0. The molecule has 0 fully saturated rings. The van der Waals surface area contributed by atoms with Crippen molar-refractivity contribution in [3.8, 4) is 0 Å². The van der Waals surface area contributed by atoms with E-state index in [1.165, 1.54) is 0 Å². The van der Waals surface area contributed by atoms with Gasteiger partial charge in [0.05, 0.1) is 58.2 Å². The van der Waals surface area contributed by atoms with Gasteiger partial charge < -0.3 is 0 Å². The van der Waals surface area contributed by atoms with Crippen molar-refractivity contribution in [1.82, 2.24) is 0 Å². The van der Waals surface area contributed by atoms with E-state index in [-0.39, 0.29) is 21.7 Å². The molecule has 0 saturated heterocycles. The Hall–Kier alpha value is -2.41. The molecule has 4 aromatic rings. The van der Waals surface area contributed by atoms with Crippen LogP contribution in [-0.4, -0.2) is 16.1 Å². The molecule has 0 aliphatic carbocycles. The van der Waals surface area contributed by atoms with Crippen LogP contribution in [-0.2, 0) is 21.7 Å². The zero-order chi connectivity index (χ0) is 31.0. The van der Waals surface area contributed by atoms with E-state index in [2.05, 4.69) is 87.8 Å². The van der Waals surface area contributed by atoms with Crippen molar-refractivity contribution < 1.29 is 65.6 Å². The quantitative estimate of drug-likeness (QED) is 0.0671. The molecule has 41 heavy (non-hydrogen) atoms. The van der Waals surface area contributed by atoms with E-state index in [0.29, 0.717) is 0 Å². The van der Waals surface area contributed by atoms with Crippen LogP contribution in [0.4, 0.5) is 43.9 Å². The average Bonchev–Trinajstić information content (AvgIpc) is 3.59. The first kappa shape index (κ1) is 38.6. The van der Waals surface area contributed by atoms with Crippen molar-refractivity contribution in [2.75, 3.05) is 0 Å². The maximum absolute atomic E-state index is 12.0. The maximum Gasteiger partial charge on any atom is 4.00 e. The summed E-state index contributed by atoms with van der Waals surface area (Å²) < 4.78 is 120. The third kappa shape index (κ3) is 11.8. The summed E-state index contributed by atoms with van der Waals surface area (Å²) in [6.07, 6.45) is 0. The van der Waals surface area contributed by atoms with Gasteiger partial charge in [0.2, 0.25) is 0 Å². The van der Waals surface area contributed by atoms with E-state index < -0.39 is 74.3 Å². The van der Waals surface area contributed by atoms with Crippen LogP contribution in [0.25, 0.3) is 0 Å². The van der Waals surface area contributed by atoms with Gasteiger partial charge in [0.1, 0.15) is 0 Å². The van der Waals surface area contributed by atoms with Crippen LogP contribution in [0.5, 0.6) is 0 Å². The number of rotatable bonds is 2. The van der Waals surface area contributed by atoms with Crippen molar-refractivity contribution in [1.29, 1.82) is 0 Å². The number of hydrogen-bond acceptors (Lipinski definition) is 0. The summed E-state index contributed by atoms with van der Waals surface area (Å²) in [7, 11) is -1.96. The van der Waals surface area contributed by atoms with Crippen LogP contribution >= 0.6 is 0 Å². The Bertz CT molecular complexity index is 1200. The molecule has 0 aliphatic rings. The van der Waals surface area contributed by atoms with E-state index in [9.17, 15) is 43.9 Å². The minimum atomic E-state index is -2.17. The van der Waals surface area contributed by atoms with Crippen molar-refractivity contribution in [2.45, 2.75) is 39.3 Å². The van der Waals surface area contributed by atoms with E-state index >= 15 is 0 Å². The molecule has 0 unspecified atom stereocenters. The van der Waals surface area contributed by atoms with Crippen molar-refractivity contribution in [2.24, 2.45) is 0 Å². The molecule has 0 radical (unpaired) electrons. The zero-order valence-electron chi connectivity index (χ0n) is 22.9. The Morgan fingerprint density at radius 2 is 0.610 bits per heavy atom. The summed E-state index contributed by atoms with van der Waals surface area (Å²) in [5, 5.41) is 3.12. The topological polar surface area (TPSA) is 0 Å². The molecule has 0 bridgehead atoms. The molecule has 0 nitrogen and oxygen atoms in total. The van der Waals surface area contributed by atoms with Crippen LogP contribution in [0.3, 0.4) is 0 Å². The minimum Gasteiger partial charge on any atom is -0.278 e. The largest absolute Gasteiger partial charge is 4.00 e.